The van der Waals surface area contributed by atoms with Crippen LogP contribution in [0.25, 0.3) is 11.4 Å². The van der Waals surface area contributed by atoms with Crippen molar-refractivity contribution in [2.45, 2.75) is 38.7 Å². The first kappa shape index (κ1) is 17.5. The van der Waals surface area contributed by atoms with E-state index in [2.05, 4.69) is 10.1 Å². The maximum absolute atomic E-state index is 12.9. The first-order chi connectivity index (χ1) is 12.0. The second-order valence-electron chi connectivity index (χ2n) is 6.55. The number of aliphatic hydroxyl groups excluding tert-OH is 1. The fourth-order valence-corrected chi connectivity index (χ4v) is 2.90. The molecule has 0 spiro atoms. The fourth-order valence-electron chi connectivity index (χ4n) is 2.90. The molecule has 1 aliphatic heterocycles. The highest BCUT2D eigenvalue weighted by Gasteiger charge is 2.26. The van der Waals surface area contributed by atoms with Crippen molar-refractivity contribution < 1.29 is 18.8 Å². The van der Waals surface area contributed by atoms with Gasteiger partial charge in [0.25, 0.3) is 0 Å². The summed E-state index contributed by atoms with van der Waals surface area (Å²) in [6.45, 7) is 3.11. The van der Waals surface area contributed by atoms with E-state index in [9.17, 15) is 14.3 Å². The number of aromatic nitrogens is 2. The van der Waals surface area contributed by atoms with Gasteiger partial charge in [-0.15, -0.1) is 0 Å². The third kappa shape index (κ3) is 4.42. The number of hydrogen-bond acceptors (Lipinski definition) is 5. The minimum absolute atomic E-state index is 0.0456. The Morgan fingerprint density at radius 3 is 2.88 bits per heavy atom. The number of carbonyl (C=O) groups excluding carboxylic acids is 1. The van der Waals surface area contributed by atoms with Gasteiger partial charge in [0.2, 0.25) is 17.6 Å². The van der Waals surface area contributed by atoms with E-state index < -0.39 is 6.10 Å². The number of hydrogen-bond donors (Lipinski definition) is 1. The van der Waals surface area contributed by atoms with Crippen molar-refractivity contribution in [3.63, 3.8) is 0 Å². The second-order valence-corrected chi connectivity index (χ2v) is 6.55. The topological polar surface area (TPSA) is 79.5 Å². The van der Waals surface area contributed by atoms with Crippen molar-refractivity contribution in [3.8, 4) is 11.4 Å². The molecule has 0 aliphatic carbocycles. The molecule has 2 atom stereocenters. The van der Waals surface area contributed by atoms with Gasteiger partial charge in [-0.3, -0.25) is 4.79 Å². The zero-order valence-electron chi connectivity index (χ0n) is 14.2. The normalized spacial score (nSPS) is 20.7. The number of rotatable bonds is 5. The number of benzene rings is 1. The van der Waals surface area contributed by atoms with Crippen molar-refractivity contribution in [1.29, 1.82) is 0 Å². The summed E-state index contributed by atoms with van der Waals surface area (Å²) in [6.07, 6.45) is 1.89. The van der Waals surface area contributed by atoms with E-state index in [0.717, 1.165) is 6.42 Å². The van der Waals surface area contributed by atoms with E-state index in [1.807, 2.05) is 6.92 Å². The molecule has 2 heterocycles. The lowest BCUT2D eigenvalue weighted by molar-refractivity contribution is -0.135. The van der Waals surface area contributed by atoms with Crippen molar-refractivity contribution in [2.24, 2.45) is 5.92 Å². The molecular weight excluding hydrogens is 325 g/mol. The average Bonchev–Trinajstić information content (AvgIpc) is 3.06. The minimum atomic E-state index is -0.438. The Balaban J connectivity index is 1.48. The molecule has 0 saturated carbocycles. The monoisotopic (exact) mass is 347 g/mol. The number of halogens is 1. The molecule has 3 rings (SSSR count). The number of likely N-dealkylation sites (tertiary alicyclic amines) is 1. The first-order valence-electron chi connectivity index (χ1n) is 8.57. The highest BCUT2D eigenvalue weighted by atomic mass is 19.1. The van der Waals surface area contributed by atoms with Crippen LogP contribution in [-0.2, 0) is 11.2 Å². The molecule has 1 aromatic heterocycles. The quantitative estimate of drug-likeness (QED) is 0.899. The van der Waals surface area contributed by atoms with Gasteiger partial charge < -0.3 is 14.5 Å². The fraction of sp³-hybridized carbons (Fsp3) is 0.500. The van der Waals surface area contributed by atoms with Gasteiger partial charge in [0, 0.05) is 31.5 Å². The molecule has 1 amide bonds. The Kier molecular flexibility index (Phi) is 5.43. The number of aliphatic hydroxyl groups is 1. The molecule has 2 unspecified atom stereocenters. The van der Waals surface area contributed by atoms with Gasteiger partial charge in [0.1, 0.15) is 5.82 Å². The summed E-state index contributed by atoms with van der Waals surface area (Å²) in [4.78, 5) is 18.2. The van der Waals surface area contributed by atoms with E-state index in [-0.39, 0.29) is 17.6 Å². The van der Waals surface area contributed by atoms with Crippen molar-refractivity contribution in [1.82, 2.24) is 15.0 Å². The van der Waals surface area contributed by atoms with E-state index in [0.29, 0.717) is 49.6 Å². The average molecular weight is 347 g/mol. The molecule has 134 valence electrons. The number of carbonyl (C=O) groups is 1. The highest BCUT2D eigenvalue weighted by molar-refractivity contribution is 5.76. The summed E-state index contributed by atoms with van der Waals surface area (Å²) >= 11 is 0. The molecular formula is C18H22FN3O3. The molecule has 1 aliphatic rings. The molecule has 25 heavy (non-hydrogen) atoms. The summed E-state index contributed by atoms with van der Waals surface area (Å²) in [7, 11) is 0. The summed E-state index contributed by atoms with van der Waals surface area (Å²) in [5.74, 6) is 0.841. The Labute approximate surface area is 145 Å². The zero-order valence-corrected chi connectivity index (χ0v) is 14.2. The van der Waals surface area contributed by atoms with Crippen LogP contribution >= 0.6 is 0 Å². The lowest BCUT2D eigenvalue weighted by atomic mass is 9.96. The maximum atomic E-state index is 12.9. The van der Waals surface area contributed by atoms with Crippen LogP contribution in [0.4, 0.5) is 4.39 Å². The smallest absolute Gasteiger partial charge is 0.226 e. The Morgan fingerprint density at radius 1 is 1.40 bits per heavy atom. The lowest BCUT2D eigenvalue weighted by Crippen LogP contribution is -2.45. The van der Waals surface area contributed by atoms with Gasteiger partial charge in [-0.2, -0.15) is 4.98 Å². The predicted molar refractivity (Wildman–Crippen MR) is 89.0 cm³/mol. The van der Waals surface area contributed by atoms with Gasteiger partial charge in [0.15, 0.2) is 0 Å². The van der Waals surface area contributed by atoms with Gasteiger partial charge in [-0.25, -0.2) is 4.39 Å². The van der Waals surface area contributed by atoms with E-state index in [4.69, 9.17) is 4.52 Å². The van der Waals surface area contributed by atoms with Crippen LogP contribution < -0.4 is 0 Å². The van der Waals surface area contributed by atoms with Crippen LogP contribution in [0.3, 0.4) is 0 Å². The Hall–Kier alpha value is -2.28. The molecule has 1 fully saturated rings. The number of piperidine rings is 1. The number of aryl methyl sites for hydroxylation is 1. The standard InChI is InChI=1S/C18H22FN3O3/c1-12-9-10-22(11-15(12)23)17(24)4-2-3-16-20-18(21-25-16)13-5-7-14(19)8-6-13/h5-8,12,15,23H,2-4,9-11H2,1H3. The predicted octanol–water partition coefficient (Wildman–Crippen LogP) is 2.43. The molecule has 1 saturated heterocycles. The molecule has 6 nitrogen and oxygen atoms in total. The van der Waals surface area contributed by atoms with Crippen molar-refractivity contribution in [2.75, 3.05) is 13.1 Å². The lowest BCUT2D eigenvalue weighted by Gasteiger charge is -2.34. The third-order valence-electron chi connectivity index (χ3n) is 4.62. The first-order valence-corrected chi connectivity index (χ1v) is 8.57. The van der Waals surface area contributed by atoms with Gasteiger partial charge in [-0.05, 0) is 43.0 Å². The zero-order chi connectivity index (χ0) is 17.8. The minimum Gasteiger partial charge on any atom is -0.391 e. The van der Waals surface area contributed by atoms with Crippen LogP contribution in [0.2, 0.25) is 0 Å². The van der Waals surface area contributed by atoms with Crippen LogP contribution in [0.5, 0.6) is 0 Å². The Bertz CT molecular complexity index is 717. The van der Waals surface area contributed by atoms with Gasteiger partial charge in [-0.1, -0.05) is 12.1 Å². The number of amides is 1. The van der Waals surface area contributed by atoms with Crippen LogP contribution in [-0.4, -0.2) is 45.2 Å². The van der Waals surface area contributed by atoms with E-state index >= 15 is 0 Å². The Morgan fingerprint density at radius 2 is 2.16 bits per heavy atom. The van der Waals surface area contributed by atoms with Gasteiger partial charge >= 0.3 is 0 Å². The van der Waals surface area contributed by atoms with E-state index in [1.165, 1.54) is 12.1 Å². The maximum Gasteiger partial charge on any atom is 0.226 e. The number of β-amino-alcohol motifs (C(OH)–C–C–N with tert-alkyl or cyclic N) is 1. The molecule has 0 bridgehead atoms. The van der Waals surface area contributed by atoms with Crippen LogP contribution in [0.1, 0.15) is 32.1 Å². The summed E-state index contributed by atoms with van der Waals surface area (Å²) in [6, 6.07) is 5.88. The highest BCUT2D eigenvalue weighted by Crippen LogP contribution is 2.19. The third-order valence-corrected chi connectivity index (χ3v) is 4.62. The van der Waals surface area contributed by atoms with E-state index in [1.54, 1.807) is 17.0 Å². The summed E-state index contributed by atoms with van der Waals surface area (Å²) in [5.41, 5.74) is 0.684. The molecule has 1 aromatic carbocycles. The van der Waals surface area contributed by atoms with Crippen molar-refractivity contribution >= 4 is 5.91 Å². The summed E-state index contributed by atoms with van der Waals surface area (Å²) < 4.78 is 18.1. The molecule has 2 aromatic rings. The van der Waals surface area contributed by atoms with Gasteiger partial charge in [0.05, 0.1) is 6.10 Å². The van der Waals surface area contributed by atoms with Crippen molar-refractivity contribution in [3.05, 3.63) is 36.0 Å². The molecule has 1 N–H and O–H groups in total. The second kappa shape index (κ2) is 7.74. The van der Waals surface area contributed by atoms with Crippen LogP contribution in [0, 0.1) is 11.7 Å². The number of nitrogens with zero attached hydrogens (tertiary/aromatic N) is 3. The summed E-state index contributed by atoms with van der Waals surface area (Å²) in [5, 5.41) is 13.8. The molecule has 0 radical (unpaired) electrons. The largest absolute Gasteiger partial charge is 0.391 e. The SMILES string of the molecule is CC1CCN(C(=O)CCCc2nc(-c3ccc(F)cc3)no2)CC1O. The van der Waals surface area contributed by atoms with Crippen LogP contribution in [0.15, 0.2) is 28.8 Å². The molecule has 7 heteroatoms.